The van der Waals surface area contributed by atoms with Gasteiger partial charge in [-0.3, -0.25) is 0 Å². The normalized spacial score (nSPS) is 14.2. The van der Waals surface area contributed by atoms with Gasteiger partial charge in [0, 0.05) is 6.26 Å². The van der Waals surface area contributed by atoms with Gasteiger partial charge in [-0.1, -0.05) is 20.3 Å². The van der Waals surface area contributed by atoms with E-state index < -0.39 is 9.84 Å². The second-order valence-electron chi connectivity index (χ2n) is 3.90. The molecule has 0 aliphatic rings. The molecule has 0 saturated heterocycles. The van der Waals surface area contributed by atoms with Crippen molar-refractivity contribution in [3.8, 4) is 0 Å². The molecule has 0 saturated carbocycles. The van der Waals surface area contributed by atoms with E-state index in [0.717, 1.165) is 32.4 Å². The van der Waals surface area contributed by atoms with Crippen molar-refractivity contribution in [2.24, 2.45) is 5.92 Å². The molecule has 86 valence electrons. The summed E-state index contributed by atoms with van der Waals surface area (Å²) in [6.45, 7) is 6.21. The maximum atomic E-state index is 11.0. The highest BCUT2D eigenvalue weighted by Crippen LogP contribution is 2.08. The minimum Gasteiger partial charge on any atom is -0.316 e. The standard InChI is InChI=1S/C10H23NO2S/c1-4-7-11-9-10(5-2)6-8-14(3,12)13/h10-11H,4-9H2,1-3H3. The van der Waals surface area contributed by atoms with Crippen molar-refractivity contribution in [2.45, 2.75) is 33.1 Å². The molecule has 3 nitrogen and oxygen atoms in total. The van der Waals surface area contributed by atoms with Crippen LogP contribution in [0, 0.1) is 5.92 Å². The maximum absolute atomic E-state index is 11.0. The summed E-state index contributed by atoms with van der Waals surface area (Å²) in [5.41, 5.74) is 0. The predicted molar refractivity (Wildman–Crippen MR) is 61.3 cm³/mol. The molecule has 0 aliphatic heterocycles. The van der Waals surface area contributed by atoms with Crippen LogP contribution >= 0.6 is 0 Å². The molecule has 1 atom stereocenters. The van der Waals surface area contributed by atoms with Gasteiger partial charge in [0.15, 0.2) is 0 Å². The predicted octanol–water partition coefficient (Wildman–Crippen LogP) is 1.45. The molecule has 0 aromatic heterocycles. The van der Waals surface area contributed by atoms with Crippen molar-refractivity contribution in [1.82, 2.24) is 5.32 Å². The number of sulfone groups is 1. The minimum atomic E-state index is -2.79. The molecular weight excluding hydrogens is 198 g/mol. The average Bonchev–Trinajstić information content (AvgIpc) is 2.09. The lowest BCUT2D eigenvalue weighted by Crippen LogP contribution is -2.24. The monoisotopic (exact) mass is 221 g/mol. The molecule has 0 heterocycles. The maximum Gasteiger partial charge on any atom is 0.147 e. The van der Waals surface area contributed by atoms with Crippen molar-refractivity contribution in [1.29, 1.82) is 0 Å². The third-order valence-electron chi connectivity index (χ3n) is 2.33. The summed E-state index contributed by atoms with van der Waals surface area (Å²) in [5.74, 6) is 0.815. The van der Waals surface area contributed by atoms with Crippen molar-refractivity contribution in [3.05, 3.63) is 0 Å². The Hall–Kier alpha value is -0.0900. The van der Waals surface area contributed by atoms with E-state index in [0.29, 0.717) is 11.7 Å². The Morgan fingerprint density at radius 2 is 1.93 bits per heavy atom. The molecule has 0 rings (SSSR count). The highest BCUT2D eigenvalue weighted by Gasteiger charge is 2.09. The Morgan fingerprint density at radius 3 is 2.36 bits per heavy atom. The summed E-state index contributed by atoms with van der Waals surface area (Å²) in [7, 11) is -2.79. The first-order chi connectivity index (χ1) is 6.49. The van der Waals surface area contributed by atoms with Gasteiger partial charge < -0.3 is 5.32 Å². The second-order valence-corrected chi connectivity index (χ2v) is 6.16. The van der Waals surface area contributed by atoms with Crippen LogP contribution in [0.25, 0.3) is 0 Å². The largest absolute Gasteiger partial charge is 0.316 e. The molecular formula is C10H23NO2S. The van der Waals surface area contributed by atoms with Crippen LogP contribution in [-0.2, 0) is 9.84 Å². The number of rotatable bonds is 8. The molecule has 1 unspecified atom stereocenters. The van der Waals surface area contributed by atoms with E-state index in [1.54, 1.807) is 0 Å². The quantitative estimate of drug-likeness (QED) is 0.631. The zero-order chi connectivity index (χ0) is 11.0. The van der Waals surface area contributed by atoms with Crippen LogP contribution < -0.4 is 5.32 Å². The van der Waals surface area contributed by atoms with E-state index in [1.165, 1.54) is 6.26 Å². The van der Waals surface area contributed by atoms with E-state index in [9.17, 15) is 8.42 Å². The van der Waals surface area contributed by atoms with E-state index in [4.69, 9.17) is 0 Å². The lowest BCUT2D eigenvalue weighted by atomic mass is 10.0. The molecule has 0 amide bonds. The van der Waals surface area contributed by atoms with Gasteiger partial charge in [0.1, 0.15) is 9.84 Å². The second kappa shape index (κ2) is 7.23. The van der Waals surface area contributed by atoms with Gasteiger partial charge in [-0.05, 0) is 31.8 Å². The Bertz CT molecular complexity index is 224. The molecule has 1 N–H and O–H groups in total. The number of hydrogen-bond acceptors (Lipinski definition) is 3. The Morgan fingerprint density at radius 1 is 1.29 bits per heavy atom. The van der Waals surface area contributed by atoms with Gasteiger partial charge >= 0.3 is 0 Å². The fourth-order valence-corrected chi connectivity index (χ4v) is 2.08. The van der Waals surface area contributed by atoms with Crippen LogP contribution in [0.3, 0.4) is 0 Å². The van der Waals surface area contributed by atoms with Crippen LogP contribution in [0.4, 0.5) is 0 Å². The van der Waals surface area contributed by atoms with Crippen LogP contribution in [0.2, 0.25) is 0 Å². The summed E-state index contributed by atoms with van der Waals surface area (Å²) < 4.78 is 21.9. The van der Waals surface area contributed by atoms with Gasteiger partial charge in [0.25, 0.3) is 0 Å². The first kappa shape index (κ1) is 13.9. The smallest absolute Gasteiger partial charge is 0.147 e. The Labute approximate surface area is 88.2 Å². The van der Waals surface area contributed by atoms with E-state index in [1.807, 2.05) is 0 Å². The van der Waals surface area contributed by atoms with Crippen LogP contribution in [0.5, 0.6) is 0 Å². The summed E-state index contributed by atoms with van der Waals surface area (Å²) in [6, 6.07) is 0. The zero-order valence-corrected chi connectivity index (χ0v) is 10.4. The fourth-order valence-electron chi connectivity index (χ4n) is 1.31. The van der Waals surface area contributed by atoms with Crippen LogP contribution in [0.15, 0.2) is 0 Å². The van der Waals surface area contributed by atoms with Gasteiger partial charge in [0.2, 0.25) is 0 Å². The molecule has 4 heteroatoms. The van der Waals surface area contributed by atoms with Gasteiger partial charge in [-0.15, -0.1) is 0 Å². The van der Waals surface area contributed by atoms with Gasteiger partial charge in [-0.25, -0.2) is 8.42 Å². The molecule has 0 aromatic rings. The van der Waals surface area contributed by atoms with Crippen LogP contribution in [0.1, 0.15) is 33.1 Å². The van der Waals surface area contributed by atoms with Crippen molar-refractivity contribution < 1.29 is 8.42 Å². The fraction of sp³-hybridized carbons (Fsp3) is 1.00. The molecule has 14 heavy (non-hydrogen) atoms. The molecule has 0 radical (unpaired) electrons. The average molecular weight is 221 g/mol. The first-order valence-electron chi connectivity index (χ1n) is 5.38. The summed E-state index contributed by atoms with van der Waals surface area (Å²) in [4.78, 5) is 0. The SMILES string of the molecule is CCCNCC(CC)CCS(C)(=O)=O. The lowest BCUT2D eigenvalue weighted by molar-refractivity contribution is 0.449. The van der Waals surface area contributed by atoms with Crippen LogP contribution in [-0.4, -0.2) is 33.5 Å². The lowest BCUT2D eigenvalue weighted by Gasteiger charge is -2.14. The van der Waals surface area contributed by atoms with Crippen molar-refractivity contribution in [3.63, 3.8) is 0 Å². The zero-order valence-electron chi connectivity index (χ0n) is 9.54. The summed E-state index contributed by atoms with van der Waals surface area (Å²) in [6.07, 6.45) is 4.26. The third kappa shape index (κ3) is 8.51. The number of nitrogens with one attached hydrogen (secondary N) is 1. The highest BCUT2D eigenvalue weighted by atomic mass is 32.2. The molecule has 0 aromatic carbocycles. The highest BCUT2D eigenvalue weighted by molar-refractivity contribution is 7.90. The minimum absolute atomic E-state index is 0.319. The molecule has 0 bridgehead atoms. The van der Waals surface area contributed by atoms with Gasteiger partial charge in [0.05, 0.1) is 5.75 Å². The van der Waals surface area contributed by atoms with Gasteiger partial charge in [-0.2, -0.15) is 0 Å². The third-order valence-corrected chi connectivity index (χ3v) is 3.31. The number of hydrogen-bond donors (Lipinski definition) is 1. The molecule has 0 aliphatic carbocycles. The topological polar surface area (TPSA) is 46.2 Å². The van der Waals surface area contributed by atoms with E-state index >= 15 is 0 Å². The Kier molecular flexibility index (Phi) is 7.19. The summed E-state index contributed by atoms with van der Waals surface area (Å²) in [5, 5.41) is 3.33. The van der Waals surface area contributed by atoms with Crippen molar-refractivity contribution in [2.75, 3.05) is 25.1 Å². The van der Waals surface area contributed by atoms with E-state index in [-0.39, 0.29) is 0 Å². The summed E-state index contributed by atoms with van der Waals surface area (Å²) >= 11 is 0. The first-order valence-corrected chi connectivity index (χ1v) is 7.44. The Balaban J connectivity index is 3.69. The molecule has 0 fully saturated rings. The van der Waals surface area contributed by atoms with E-state index in [2.05, 4.69) is 19.2 Å². The molecule has 0 spiro atoms. The van der Waals surface area contributed by atoms with Crippen molar-refractivity contribution >= 4 is 9.84 Å².